The van der Waals surface area contributed by atoms with Crippen molar-refractivity contribution < 1.29 is 10.2 Å². The van der Waals surface area contributed by atoms with Crippen LogP contribution in [0.2, 0.25) is 0 Å². The van der Waals surface area contributed by atoms with Gasteiger partial charge in [-0.1, -0.05) is 26.0 Å². The average molecular weight is 261 g/mol. The lowest BCUT2D eigenvalue weighted by Gasteiger charge is -2.00. The molecule has 0 aliphatic heterocycles. The first kappa shape index (κ1) is 15.1. The number of aromatic amines is 1. The van der Waals surface area contributed by atoms with Crippen molar-refractivity contribution in [3.05, 3.63) is 36.2 Å². The van der Waals surface area contributed by atoms with Gasteiger partial charge in [0.25, 0.3) is 0 Å². The van der Waals surface area contributed by atoms with Gasteiger partial charge in [0.2, 0.25) is 0 Å². The van der Waals surface area contributed by atoms with Gasteiger partial charge in [0.1, 0.15) is 0 Å². The van der Waals surface area contributed by atoms with Crippen molar-refractivity contribution in [2.24, 2.45) is 0 Å². The number of hydrogen-bond acceptors (Lipinski definition) is 4. The van der Waals surface area contributed by atoms with E-state index in [1.54, 1.807) is 12.4 Å². The van der Waals surface area contributed by atoms with Crippen molar-refractivity contribution >= 4 is 21.8 Å². The summed E-state index contributed by atoms with van der Waals surface area (Å²) >= 11 is 0. The Morgan fingerprint density at radius 2 is 1.84 bits per heavy atom. The molecule has 3 N–H and O–H groups in total. The normalized spacial score (nSPS) is 9.53. The van der Waals surface area contributed by atoms with Crippen LogP contribution in [0.5, 0.6) is 0 Å². The zero-order valence-corrected chi connectivity index (χ0v) is 11.4. The minimum Gasteiger partial charge on any atom is -0.400 e. The molecule has 0 saturated carbocycles. The van der Waals surface area contributed by atoms with Gasteiger partial charge in [-0.05, 0) is 11.6 Å². The lowest BCUT2D eigenvalue weighted by molar-refractivity contribution is 0.282. The van der Waals surface area contributed by atoms with E-state index in [4.69, 9.17) is 10.2 Å². The zero-order valence-electron chi connectivity index (χ0n) is 11.4. The van der Waals surface area contributed by atoms with Gasteiger partial charge in [-0.2, -0.15) is 5.10 Å². The minimum atomic E-state index is 0.0427. The van der Waals surface area contributed by atoms with Crippen molar-refractivity contribution in [2.45, 2.75) is 20.5 Å². The summed E-state index contributed by atoms with van der Waals surface area (Å²) in [5, 5.41) is 25.0. The second-order valence-electron chi connectivity index (χ2n) is 3.47. The third-order valence-electron chi connectivity index (χ3n) is 2.54. The highest BCUT2D eigenvalue weighted by Gasteiger charge is 2.03. The summed E-state index contributed by atoms with van der Waals surface area (Å²) in [6.07, 6.45) is 3.55. The van der Waals surface area contributed by atoms with Crippen molar-refractivity contribution in [3.8, 4) is 0 Å². The molecule has 3 aromatic rings. The van der Waals surface area contributed by atoms with Crippen LogP contribution in [0, 0.1) is 0 Å². The maximum Gasteiger partial charge on any atom is 0.0840 e. The number of aliphatic hydroxyl groups is 2. The predicted molar refractivity (Wildman–Crippen MR) is 76.8 cm³/mol. The molecule has 0 unspecified atom stereocenters. The Morgan fingerprint density at radius 1 is 1.11 bits per heavy atom. The molecule has 3 rings (SSSR count). The fourth-order valence-electron chi connectivity index (χ4n) is 1.75. The molecular weight excluding hydrogens is 242 g/mol. The highest BCUT2D eigenvalue weighted by molar-refractivity contribution is 6.03. The average Bonchev–Trinajstić information content (AvgIpc) is 2.99. The second-order valence-corrected chi connectivity index (χ2v) is 3.47. The van der Waals surface area contributed by atoms with Crippen LogP contribution in [0.15, 0.2) is 30.6 Å². The van der Waals surface area contributed by atoms with Crippen molar-refractivity contribution in [2.75, 3.05) is 7.11 Å². The minimum absolute atomic E-state index is 0.0427. The monoisotopic (exact) mass is 261 g/mol. The lowest BCUT2D eigenvalue weighted by Crippen LogP contribution is -1.85. The highest BCUT2D eigenvalue weighted by Crippen LogP contribution is 2.22. The molecule has 0 bridgehead atoms. The Labute approximate surface area is 111 Å². The van der Waals surface area contributed by atoms with Gasteiger partial charge in [-0.3, -0.25) is 10.1 Å². The van der Waals surface area contributed by atoms with Crippen molar-refractivity contribution in [1.29, 1.82) is 0 Å². The number of hydrogen-bond donors (Lipinski definition) is 3. The number of rotatable bonds is 1. The number of aliphatic hydroxyl groups excluding tert-OH is 2. The standard InChI is InChI=1S/C11H9N3O.C2H6.CH4O/c15-6-7-1-2-8-9-4-13-14-11(9)5-12-10(8)3-7;2*1-2/h1-5,15H,6H2,(H,13,14);1-2H3;2H,1H3. The zero-order chi connectivity index (χ0) is 14.3. The molecule has 5 nitrogen and oxygen atoms in total. The molecule has 0 aliphatic rings. The predicted octanol–water partition coefficient (Wildman–Crippen LogP) is 2.24. The van der Waals surface area contributed by atoms with Crippen LogP contribution in [0.4, 0.5) is 0 Å². The Hall–Kier alpha value is -1.98. The summed E-state index contributed by atoms with van der Waals surface area (Å²) in [7, 11) is 1.00. The van der Waals surface area contributed by atoms with E-state index < -0.39 is 0 Å². The van der Waals surface area contributed by atoms with Gasteiger partial charge in [-0.25, -0.2) is 0 Å². The molecule has 0 fully saturated rings. The summed E-state index contributed by atoms with van der Waals surface area (Å²) in [6.45, 7) is 4.04. The Balaban J connectivity index is 0.000000415. The van der Waals surface area contributed by atoms with Gasteiger partial charge in [0.15, 0.2) is 0 Å². The van der Waals surface area contributed by atoms with E-state index in [-0.39, 0.29) is 6.61 Å². The van der Waals surface area contributed by atoms with Crippen LogP contribution in [0.25, 0.3) is 21.8 Å². The van der Waals surface area contributed by atoms with Crippen LogP contribution in [0.3, 0.4) is 0 Å². The van der Waals surface area contributed by atoms with Crippen molar-refractivity contribution in [3.63, 3.8) is 0 Å². The molecule has 1 aromatic carbocycles. The third-order valence-corrected chi connectivity index (χ3v) is 2.54. The molecule has 0 atom stereocenters. The molecule has 19 heavy (non-hydrogen) atoms. The van der Waals surface area contributed by atoms with Gasteiger partial charge >= 0.3 is 0 Å². The van der Waals surface area contributed by atoms with Crippen LogP contribution in [0.1, 0.15) is 19.4 Å². The quantitative estimate of drug-likeness (QED) is 0.627. The number of pyridine rings is 1. The number of nitrogens with zero attached hydrogens (tertiary/aromatic N) is 2. The van der Waals surface area contributed by atoms with E-state index in [0.29, 0.717) is 0 Å². The molecule has 0 amide bonds. The number of aromatic nitrogens is 3. The number of H-pyrrole nitrogens is 1. The fraction of sp³-hybridized carbons (Fsp3) is 0.286. The lowest BCUT2D eigenvalue weighted by atomic mass is 10.1. The maximum absolute atomic E-state index is 9.02. The molecule has 102 valence electrons. The van der Waals surface area contributed by atoms with Crippen LogP contribution >= 0.6 is 0 Å². The summed E-state index contributed by atoms with van der Waals surface area (Å²) in [5.74, 6) is 0. The molecule has 2 aromatic heterocycles. The van der Waals surface area contributed by atoms with Gasteiger partial charge < -0.3 is 10.2 Å². The molecule has 0 aliphatic carbocycles. The summed E-state index contributed by atoms with van der Waals surface area (Å²) in [6, 6.07) is 5.75. The van der Waals surface area contributed by atoms with E-state index in [0.717, 1.165) is 34.5 Å². The van der Waals surface area contributed by atoms with Gasteiger partial charge in [0, 0.05) is 17.9 Å². The number of fused-ring (bicyclic) bond motifs is 3. The largest absolute Gasteiger partial charge is 0.400 e. The Bertz CT molecular complexity index is 635. The third kappa shape index (κ3) is 3.07. The van der Waals surface area contributed by atoms with E-state index in [9.17, 15) is 0 Å². The number of benzene rings is 1. The van der Waals surface area contributed by atoms with Crippen LogP contribution in [-0.4, -0.2) is 32.5 Å². The SMILES string of the molecule is CC.CO.OCc1ccc2c(c1)ncc1[nH]ncc12. The van der Waals surface area contributed by atoms with Crippen LogP contribution < -0.4 is 0 Å². The number of nitrogens with one attached hydrogen (secondary N) is 1. The summed E-state index contributed by atoms with van der Waals surface area (Å²) in [4.78, 5) is 4.31. The summed E-state index contributed by atoms with van der Waals surface area (Å²) in [5.41, 5.74) is 2.69. The fourth-order valence-corrected chi connectivity index (χ4v) is 1.75. The highest BCUT2D eigenvalue weighted by atomic mass is 16.3. The second kappa shape index (κ2) is 7.45. The first-order chi connectivity index (χ1) is 9.38. The van der Waals surface area contributed by atoms with E-state index in [1.807, 2.05) is 32.0 Å². The first-order valence-corrected chi connectivity index (χ1v) is 6.15. The van der Waals surface area contributed by atoms with E-state index in [2.05, 4.69) is 15.2 Å². The van der Waals surface area contributed by atoms with Gasteiger partial charge in [-0.15, -0.1) is 0 Å². The smallest absolute Gasteiger partial charge is 0.0840 e. The maximum atomic E-state index is 9.02. The van der Waals surface area contributed by atoms with E-state index >= 15 is 0 Å². The Morgan fingerprint density at radius 3 is 2.53 bits per heavy atom. The van der Waals surface area contributed by atoms with Gasteiger partial charge in [0.05, 0.1) is 30.0 Å². The van der Waals surface area contributed by atoms with Crippen molar-refractivity contribution in [1.82, 2.24) is 15.2 Å². The molecular formula is C14H19N3O2. The summed E-state index contributed by atoms with van der Waals surface area (Å²) < 4.78 is 0. The molecule has 0 radical (unpaired) electrons. The topological polar surface area (TPSA) is 82.0 Å². The molecule has 2 heterocycles. The molecule has 0 saturated heterocycles. The molecule has 5 heteroatoms. The first-order valence-electron chi connectivity index (χ1n) is 6.15. The Kier molecular flexibility index (Phi) is 5.92. The molecule has 0 spiro atoms. The van der Waals surface area contributed by atoms with E-state index in [1.165, 1.54) is 0 Å². The van der Waals surface area contributed by atoms with Crippen LogP contribution in [-0.2, 0) is 6.61 Å².